The molecular weight excluding hydrogens is 256 g/mol. The van der Waals surface area contributed by atoms with Gasteiger partial charge < -0.3 is 4.74 Å². The summed E-state index contributed by atoms with van der Waals surface area (Å²) in [5.74, 6) is 0.211. The molecule has 0 bridgehead atoms. The van der Waals surface area contributed by atoms with Crippen LogP contribution in [0, 0.1) is 13.8 Å². The molecule has 0 fully saturated rings. The van der Waals surface area contributed by atoms with Gasteiger partial charge in [-0.05, 0) is 42.3 Å². The average Bonchev–Trinajstić information content (AvgIpc) is 2.87. The van der Waals surface area contributed by atoms with E-state index in [2.05, 4.69) is 15.5 Å². The van der Waals surface area contributed by atoms with Gasteiger partial charge in [-0.2, -0.15) is 0 Å². The normalized spacial score (nSPS) is 10.6. The first-order valence-corrected chi connectivity index (χ1v) is 6.61. The largest absolute Gasteiger partial charge is 0.454 e. The molecule has 0 N–H and O–H groups in total. The van der Waals surface area contributed by atoms with Crippen molar-refractivity contribution in [2.75, 3.05) is 0 Å². The molecule has 106 valence electrons. The number of hydrogen-bond donors (Lipinski definition) is 0. The molecule has 0 aliphatic rings. The van der Waals surface area contributed by atoms with Crippen LogP contribution in [0.4, 0.5) is 0 Å². The molecule has 0 saturated carbocycles. The molecule has 0 unspecified atom stereocenters. The van der Waals surface area contributed by atoms with Crippen molar-refractivity contribution < 1.29 is 9.53 Å². The van der Waals surface area contributed by atoms with E-state index in [1.54, 1.807) is 4.68 Å². The average molecular weight is 274 g/mol. The van der Waals surface area contributed by atoms with Crippen LogP contribution in [-0.2, 0) is 17.9 Å². The van der Waals surface area contributed by atoms with Crippen molar-refractivity contribution in [1.82, 2.24) is 20.2 Å². The van der Waals surface area contributed by atoms with Gasteiger partial charge in [0.25, 0.3) is 0 Å². The van der Waals surface area contributed by atoms with Gasteiger partial charge >= 0.3 is 5.97 Å². The lowest BCUT2D eigenvalue weighted by atomic mass is 10.1. The Morgan fingerprint density at radius 3 is 2.90 bits per heavy atom. The predicted molar refractivity (Wildman–Crippen MR) is 73.1 cm³/mol. The van der Waals surface area contributed by atoms with Crippen LogP contribution in [-0.4, -0.2) is 26.2 Å². The van der Waals surface area contributed by atoms with Gasteiger partial charge in [0.2, 0.25) is 0 Å². The Bertz CT molecular complexity index is 607. The molecule has 1 aromatic heterocycles. The zero-order chi connectivity index (χ0) is 14.5. The van der Waals surface area contributed by atoms with Gasteiger partial charge in [0.1, 0.15) is 0 Å². The summed E-state index contributed by atoms with van der Waals surface area (Å²) in [6.45, 7) is 6.66. The molecule has 1 heterocycles. The van der Waals surface area contributed by atoms with E-state index in [-0.39, 0.29) is 12.6 Å². The van der Waals surface area contributed by atoms with Crippen LogP contribution >= 0.6 is 0 Å². The zero-order valence-electron chi connectivity index (χ0n) is 12.0. The second kappa shape index (κ2) is 6.27. The Hall–Kier alpha value is -2.24. The first-order chi connectivity index (χ1) is 9.61. The fraction of sp³-hybridized carbons (Fsp3) is 0.429. The summed E-state index contributed by atoms with van der Waals surface area (Å²) >= 11 is 0. The number of aromatic nitrogens is 4. The Kier molecular flexibility index (Phi) is 4.45. The Balaban J connectivity index is 2.05. The highest BCUT2D eigenvalue weighted by Gasteiger charge is 2.13. The van der Waals surface area contributed by atoms with Crippen LogP contribution in [0.2, 0.25) is 0 Å². The maximum atomic E-state index is 12.1. The summed E-state index contributed by atoms with van der Waals surface area (Å²) < 4.78 is 6.94. The Morgan fingerprint density at radius 2 is 2.15 bits per heavy atom. The highest BCUT2D eigenvalue weighted by molar-refractivity contribution is 5.91. The van der Waals surface area contributed by atoms with E-state index in [1.807, 2.05) is 39.0 Å². The summed E-state index contributed by atoms with van der Waals surface area (Å²) in [7, 11) is 0. The number of ether oxygens (including phenoxy) is 1. The van der Waals surface area contributed by atoms with Gasteiger partial charge in [-0.25, -0.2) is 9.48 Å². The predicted octanol–water partition coefficient (Wildman–Crippen LogP) is 2.06. The highest BCUT2D eigenvalue weighted by atomic mass is 16.5. The second-order valence-corrected chi connectivity index (χ2v) is 4.71. The van der Waals surface area contributed by atoms with Crippen molar-refractivity contribution in [2.45, 2.75) is 40.3 Å². The number of benzene rings is 1. The van der Waals surface area contributed by atoms with Crippen molar-refractivity contribution in [3.05, 3.63) is 40.7 Å². The van der Waals surface area contributed by atoms with E-state index in [0.717, 1.165) is 17.5 Å². The molecule has 20 heavy (non-hydrogen) atoms. The fourth-order valence-corrected chi connectivity index (χ4v) is 1.88. The van der Waals surface area contributed by atoms with Crippen LogP contribution in [0.5, 0.6) is 0 Å². The molecule has 0 radical (unpaired) electrons. The van der Waals surface area contributed by atoms with E-state index >= 15 is 0 Å². The lowest BCUT2D eigenvalue weighted by Crippen LogP contribution is -2.12. The quantitative estimate of drug-likeness (QED) is 0.780. The smallest absolute Gasteiger partial charge is 0.338 e. The molecule has 0 saturated heterocycles. The van der Waals surface area contributed by atoms with Crippen molar-refractivity contribution in [3.63, 3.8) is 0 Å². The van der Waals surface area contributed by atoms with Gasteiger partial charge in [-0.15, -0.1) is 5.10 Å². The third-order valence-electron chi connectivity index (χ3n) is 2.99. The van der Waals surface area contributed by atoms with Gasteiger partial charge in [0.05, 0.1) is 5.56 Å². The van der Waals surface area contributed by atoms with Crippen LogP contribution in [0.3, 0.4) is 0 Å². The number of aryl methyl sites for hydroxylation is 3. The minimum Gasteiger partial charge on any atom is -0.454 e. The number of tetrazole rings is 1. The molecular formula is C14H18N4O2. The number of carbonyl (C=O) groups is 1. The van der Waals surface area contributed by atoms with Gasteiger partial charge in [0, 0.05) is 6.54 Å². The summed E-state index contributed by atoms with van der Waals surface area (Å²) in [5.41, 5.74) is 2.51. The number of rotatable bonds is 5. The molecule has 6 nitrogen and oxygen atoms in total. The lowest BCUT2D eigenvalue weighted by Gasteiger charge is -2.08. The SMILES string of the molecule is CCCn1nnnc1COC(=O)c1cc(C)ccc1C. The summed E-state index contributed by atoms with van der Waals surface area (Å²) in [6.07, 6.45) is 0.920. The fourth-order valence-electron chi connectivity index (χ4n) is 1.88. The van der Waals surface area contributed by atoms with E-state index < -0.39 is 0 Å². The minimum absolute atomic E-state index is 0.0826. The first-order valence-electron chi connectivity index (χ1n) is 6.61. The van der Waals surface area contributed by atoms with Gasteiger partial charge in [0.15, 0.2) is 12.4 Å². The van der Waals surface area contributed by atoms with Crippen LogP contribution in [0.15, 0.2) is 18.2 Å². The number of hydrogen-bond acceptors (Lipinski definition) is 5. The van der Waals surface area contributed by atoms with Gasteiger partial charge in [-0.3, -0.25) is 0 Å². The molecule has 0 spiro atoms. The van der Waals surface area contributed by atoms with E-state index in [0.29, 0.717) is 17.9 Å². The highest BCUT2D eigenvalue weighted by Crippen LogP contribution is 2.12. The molecule has 1 aromatic carbocycles. The number of carbonyl (C=O) groups excluding carboxylic acids is 1. The number of nitrogens with zero attached hydrogens (tertiary/aromatic N) is 4. The zero-order valence-corrected chi connectivity index (χ0v) is 12.0. The molecule has 2 aromatic rings. The van der Waals surface area contributed by atoms with Crippen molar-refractivity contribution in [3.8, 4) is 0 Å². The van der Waals surface area contributed by atoms with Crippen LogP contribution < -0.4 is 0 Å². The summed E-state index contributed by atoms with van der Waals surface area (Å²) in [6, 6.07) is 5.70. The van der Waals surface area contributed by atoms with Crippen molar-refractivity contribution in [1.29, 1.82) is 0 Å². The lowest BCUT2D eigenvalue weighted by molar-refractivity contribution is 0.0455. The molecule has 0 aliphatic carbocycles. The summed E-state index contributed by atoms with van der Waals surface area (Å²) in [4.78, 5) is 12.1. The third kappa shape index (κ3) is 3.20. The maximum absolute atomic E-state index is 12.1. The molecule has 6 heteroatoms. The van der Waals surface area contributed by atoms with E-state index in [1.165, 1.54) is 0 Å². The first kappa shape index (κ1) is 14.2. The monoisotopic (exact) mass is 274 g/mol. The van der Waals surface area contributed by atoms with Crippen LogP contribution in [0.25, 0.3) is 0 Å². The van der Waals surface area contributed by atoms with Crippen molar-refractivity contribution >= 4 is 5.97 Å². The topological polar surface area (TPSA) is 69.9 Å². The third-order valence-corrected chi connectivity index (χ3v) is 2.99. The number of esters is 1. The second-order valence-electron chi connectivity index (χ2n) is 4.71. The molecule has 0 atom stereocenters. The maximum Gasteiger partial charge on any atom is 0.338 e. The summed E-state index contributed by atoms with van der Waals surface area (Å²) in [5, 5.41) is 11.3. The molecule has 2 rings (SSSR count). The van der Waals surface area contributed by atoms with Gasteiger partial charge in [-0.1, -0.05) is 24.6 Å². The Morgan fingerprint density at radius 1 is 1.35 bits per heavy atom. The van der Waals surface area contributed by atoms with E-state index in [4.69, 9.17) is 4.74 Å². The van der Waals surface area contributed by atoms with E-state index in [9.17, 15) is 4.79 Å². The van der Waals surface area contributed by atoms with Crippen LogP contribution in [0.1, 0.15) is 40.7 Å². The minimum atomic E-state index is -0.350. The van der Waals surface area contributed by atoms with Crippen molar-refractivity contribution in [2.24, 2.45) is 0 Å². The standard InChI is InChI=1S/C14H18N4O2/c1-4-7-18-13(15-16-17-18)9-20-14(19)12-8-10(2)5-6-11(12)3/h5-6,8H,4,7,9H2,1-3H3. The molecule has 0 aliphatic heterocycles. The Labute approximate surface area is 117 Å². The molecule has 0 amide bonds.